The quantitative estimate of drug-likeness (QED) is 0.389. The first kappa shape index (κ1) is 21.6. The standard InChI is InChI=1S/C27H24N4O3/c1-2-18-10-12-20(13-11-18)24-29-25(34-30-24)21-14-15-22-23(17-21)28-27(33)31(26(22)32)16-6-9-19-7-4-3-5-8-19/h3-5,7-8,10-15,17H,2,6,9,16H2,1H3,(H,28,33). The predicted octanol–water partition coefficient (Wildman–Crippen LogP) is 4.60. The van der Waals surface area contributed by atoms with Crippen molar-refractivity contribution < 1.29 is 4.52 Å². The van der Waals surface area contributed by atoms with E-state index in [2.05, 4.69) is 22.0 Å². The summed E-state index contributed by atoms with van der Waals surface area (Å²) in [7, 11) is 0. The van der Waals surface area contributed by atoms with Crippen LogP contribution in [0.5, 0.6) is 0 Å². The summed E-state index contributed by atoms with van der Waals surface area (Å²) in [5.74, 6) is 0.810. The van der Waals surface area contributed by atoms with Gasteiger partial charge in [-0.05, 0) is 48.6 Å². The molecule has 170 valence electrons. The third kappa shape index (κ3) is 4.32. The van der Waals surface area contributed by atoms with Crippen molar-refractivity contribution in [3.05, 3.63) is 105 Å². The zero-order valence-corrected chi connectivity index (χ0v) is 18.8. The van der Waals surface area contributed by atoms with Crippen LogP contribution in [0.2, 0.25) is 0 Å². The molecule has 0 radical (unpaired) electrons. The van der Waals surface area contributed by atoms with Crippen LogP contribution >= 0.6 is 0 Å². The lowest BCUT2D eigenvalue weighted by atomic mass is 10.1. The second kappa shape index (κ2) is 9.31. The van der Waals surface area contributed by atoms with Crippen LogP contribution in [0.4, 0.5) is 0 Å². The summed E-state index contributed by atoms with van der Waals surface area (Å²) in [5, 5.41) is 4.52. The van der Waals surface area contributed by atoms with E-state index in [1.54, 1.807) is 18.2 Å². The Morgan fingerprint density at radius 2 is 1.68 bits per heavy atom. The van der Waals surface area contributed by atoms with Gasteiger partial charge in [0.2, 0.25) is 5.82 Å². The molecule has 0 bridgehead atoms. The lowest BCUT2D eigenvalue weighted by Crippen LogP contribution is -2.35. The molecule has 1 N–H and O–H groups in total. The van der Waals surface area contributed by atoms with Gasteiger partial charge < -0.3 is 9.51 Å². The molecule has 0 spiro atoms. The average Bonchev–Trinajstić information content (AvgIpc) is 3.37. The van der Waals surface area contributed by atoms with Gasteiger partial charge in [-0.15, -0.1) is 0 Å². The van der Waals surface area contributed by atoms with E-state index in [9.17, 15) is 9.59 Å². The fourth-order valence-electron chi connectivity index (χ4n) is 4.02. The molecule has 3 aromatic carbocycles. The van der Waals surface area contributed by atoms with E-state index < -0.39 is 5.69 Å². The molecule has 5 rings (SSSR count). The summed E-state index contributed by atoms with van der Waals surface area (Å²) in [5.41, 5.74) is 3.62. The molecule has 0 atom stereocenters. The smallest absolute Gasteiger partial charge is 0.328 e. The maximum Gasteiger partial charge on any atom is 0.328 e. The van der Waals surface area contributed by atoms with Gasteiger partial charge >= 0.3 is 5.69 Å². The second-order valence-corrected chi connectivity index (χ2v) is 8.21. The third-order valence-corrected chi connectivity index (χ3v) is 5.97. The van der Waals surface area contributed by atoms with Crippen LogP contribution in [-0.4, -0.2) is 19.7 Å². The fraction of sp³-hybridized carbons (Fsp3) is 0.185. The number of aryl methyl sites for hydroxylation is 2. The van der Waals surface area contributed by atoms with Crippen molar-refractivity contribution in [2.75, 3.05) is 0 Å². The summed E-state index contributed by atoms with van der Waals surface area (Å²) in [6.45, 7) is 2.45. The van der Waals surface area contributed by atoms with E-state index in [-0.39, 0.29) is 5.56 Å². The Hall–Kier alpha value is -4.26. The van der Waals surface area contributed by atoms with Crippen LogP contribution in [0, 0.1) is 0 Å². The molecule has 0 aliphatic carbocycles. The Bertz CT molecular complexity index is 1550. The minimum Gasteiger partial charge on any atom is -0.334 e. The number of aromatic nitrogens is 4. The number of rotatable bonds is 7. The summed E-state index contributed by atoms with van der Waals surface area (Å²) in [6, 6.07) is 23.2. The minimum absolute atomic E-state index is 0.305. The lowest BCUT2D eigenvalue weighted by molar-refractivity contribution is 0.432. The first-order chi connectivity index (χ1) is 16.6. The van der Waals surface area contributed by atoms with Gasteiger partial charge in [0.05, 0.1) is 10.9 Å². The monoisotopic (exact) mass is 452 g/mol. The highest BCUT2D eigenvalue weighted by atomic mass is 16.5. The van der Waals surface area contributed by atoms with Crippen molar-refractivity contribution in [3.8, 4) is 22.8 Å². The molecule has 0 aliphatic heterocycles. The van der Waals surface area contributed by atoms with E-state index in [0.29, 0.717) is 41.1 Å². The van der Waals surface area contributed by atoms with Gasteiger partial charge in [-0.1, -0.05) is 66.7 Å². The molecule has 7 heteroatoms. The van der Waals surface area contributed by atoms with Crippen molar-refractivity contribution >= 4 is 10.9 Å². The summed E-state index contributed by atoms with van der Waals surface area (Å²) < 4.78 is 6.71. The van der Waals surface area contributed by atoms with Crippen LogP contribution in [-0.2, 0) is 19.4 Å². The lowest BCUT2D eigenvalue weighted by Gasteiger charge is -2.07. The van der Waals surface area contributed by atoms with Crippen molar-refractivity contribution in [2.24, 2.45) is 0 Å². The van der Waals surface area contributed by atoms with Gasteiger partial charge in [0, 0.05) is 17.7 Å². The Kier molecular flexibility index (Phi) is 5.91. The van der Waals surface area contributed by atoms with E-state index >= 15 is 0 Å². The minimum atomic E-state index is -0.426. The van der Waals surface area contributed by atoms with E-state index in [0.717, 1.165) is 18.4 Å². The maximum absolute atomic E-state index is 13.0. The molecule has 7 nitrogen and oxygen atoms in total. The van der Waals surface area contributed by atoms with E-state index in [4.69, 9.17) is 4.52 Å². The van der Waals surface area contributed by atoms with Crippen molar-refractivity contribution in [1.82, 2.24) is 19.7 Å². The SMILES string of the molecule is CCc1ccc(-c2noc(-c3ccc4c(=O)n(CCCc5ccccc5)c(=O)[nH]c4c3)n2)cc1. The second-order valence-electron chi connectivity index (χ2n) is 8.21. The summed E-state index contributed by atoms with van der Waals surface area (Å²) in [6.07, 6.45) is 2.45. The number of nitrogens with one attached hydrogen (secondary N) is 1. The van der Waals surface area contributed by atoms with Gasteiger partial charge in [-0.2, -0.15) is 4.98 Å². The normalized spacial score (nSPS) is 11.2. The van der Waals surface area contributed by atoms with Crippen LogP contribution in [0.3, 0.4) is 0 Å². The molecule has 0 aliphatic rings. The highest BCUT2D eigenvalue weighted by Gasteiger charge is 2.14. The van der Waals surface area contributed by atoms with Crippen molar-refractivity contribution in [2.45, 2.75) is 32.7 Å². The first-order valence-electron chi connectivity index (χ1n) is 11.4. The number of aromatic amines is 1. The first-order valence-corrected chi connectivity index (χ1v) is 11.4. The molecule has 0 fully saturated rings. The van der Waals surface area contributed by atoms with Gasteiger partial charge in [-0.3, -0.25) is 9.36 Å². The number of hydrogen-bond acceptors (Lipinski definition) is 5. The topological polar surface area (TPSA) is 93.8 Å². The van der Waals surface area contributed by atoms with E-state index in [1.165, 1.54) is 15.7 Å². The van der Waals surface area contributed by atoms with Gasteiger partial charge in [-0.25, -0.2) is 4.79 Å². The zero-order valence-electron chi connectivity index (χ0n) is 18.8. The number of fused-ring (bicyclic) bond motifs is 1. The van der Waals surface area contributed by atoms with Crippen LogP contribution in [0.25, 0.3) is 33.7 Å². The fourth-order valence-corrected chi connectivity index (χ4v) is 4.02. The number of benzene rings is 3. The Balaban J connectivity index is 1.39. The van der Waals surface area contributed by atoms with Crippen molar-refractivity contribution in [3.63, 3.8) is 0 Å². The number of nitrogens with zero attached hydrogens (tertiary/aromatic N) is 3. The average molecular weight is 453 g/mol. The Morgan fingerprint density at radius 1 is 0.912 bits per heavy atom. The molecule has 0 saturated heterocycles. The van der Waals surface area contributed by atoms with E-state index in [1.807, 2.05) is 54.6 Å². The zero-order chi connectivity index (χ0) is 23.5. The van der Waals surface area contributed by atoms with Crippen LogP contribution in [0.15, 0.2) is 86.9 Å². The predicted molar refractivity (Wildman–Crippen MR) is 132 cm³/mol. The van der Waals surface area contributed by atoms with Gasteiger partial charge in [0.15, 0.2) is 0 Å². The summed E-state index contributed by atoms with van der Waals surface area (Å²) >= 11 is 0. The third-order valence-electron chi connectivity index (χ3n) is 5.97. The Morgan fingerprint density at radius 3 is 2.44 bits per heavy atom. The van der Waals surface area contributed by atoms with Crippen LogP contribution < -0.4 is 11.2 Å². The molecular formula is C27H24N4O3. The molecule has 0 saturated carbocycles. The Labute approximate surface area is 195 Å². The van der Waals surface area contributed by atoms with Gasteiger partial charge in [0.25, 0.3) is 11.4 Å². The molecule has 5 aromatic rings. The number of H-pyrrole nitrogens is 1. The molecule has 2 heterocycles. The highest BCUT2D eigenvalue weighted by Crippen LogP contribution is 2.24. The van der Waals surface area contributed by atoms with Crippen LogP contribution in [0.1, 0.15) is 24.5 Å². The molecular weight excluding hydrogens is 428 g/mol. The van der Waals surface area contributed by atoms with Crippen molar-refractivity contribution in [1.29, 1.82) is 0 Å². The molecule has 0 amide bonds. The summed E-state index contributed by atoms with van der Waals surface area (Å²) in [4.78, 5) is 32.9. The number of hydrogen-bond donors (Lipinski definition) is 1. The van der Waals surface area contributed by atoms with Gasteiger partial charge in [0.1, 0.15) is 0 Å². The highest BCUT2D eigenvalue weighted by molar-refractivity contribution is 5.82. The molecule has 34 heavy (non-hydrogen) atoms. The molecule has 2 aromatic heterocycles. The maximum atomic E-state index is 13.0. The molecule has 0 unspecified atom stereocenters. The largest absolute Gasteiger partial charge is 0.334 e.